The van der Waals surface area contributed by atoms with Gasteiger partial charge in [0.05, 0.1) is 18.4 Å². The van der Waals surface area contributed by atoms with Crippen LogP contribution in [0.3, 0.4) is 0 Å². The molecule has 4 amide bonds. The summed E-state index contributed by atoms with van der Waals surface area (Å²) in [4.78, 5) is 45.4. The summed E-state index contributed by atoms with van der Waals surface area (Å²) >= 11 is 0. The smallest absolute Gasteiger partial charge is 0.321 e. The molecular formula is C30H34N6O4. The summed E-state index contributed by atoms with van der Waals surface area (Å²) < 4.78 is 5.61. The van der Waals surface area contributed by atoms with E-state index in [0.29, 0.717) is 37.3 Å². The lowest BCUT2D eigenvalue weighted by molar-refractivity contribution is -0.119. The van der Waals surface area contributed by atoms with Crippen LogP contribution in [0.5, 0.6) is 5.75 Å². The highest BCUT2D eigenvalue weighted by Gasteiger charge is 2.29. The highest BCUT2D eigenvalue weighted by Crippen LogP contribution is 2.40. The average molecular weight is 543 g/mol. The highest BCUT2D eigenvalue weighted by atomic mass is 16.5. The first-order valence-corrected chi connectivity index (χ1v) is 13.3. The van der Waals surface area contributed by atoms with Gasteiger partial charge in [0, 0.05) is 75.5 Å². The maximum absolute atomic E-state index is 13.2. The first kappa shape index (κ1) is 27.0. The van der Waals surface area contributed by atoms with Crippen molar-refractivity contribution >= 4 is 29.4 Å². The Morgan fingerprint density at radius 3 is 2.62 bits per heavy atom. The van der Waals surface area contributed by atoms with Crippen molar-refractivity contribution < 1.29 is 19.1 Å². The van der Waals surface area contributed by atoms with E-state index in [-0.39, 0.29) is 29.8 Å². The molecule has 0 saturated carbocycles. The Kier molecular flexibility index (Phi) is 7.59. The molecule has 2 unspecified atom stereocenters. The fraction of sp³-hybridized carbons (Fsp3) is 0.333. The first-order chi connectivity index (χ1) is 19.2. The molecule has 0 spiro atoms. The summed E-state index contributed by atoms with van der Waals surface area (Å²) in [5.41, 5.74) is 4.63. The Balaban J connectivity index is 1.43. The van der Waals surface area contributed by atoms with Crippen molar-refractivity contribution in [1.82, 2.24) is 20.1 Å². The molecule has 0 aliphatic carbocycles. The minimum atomic E-state index is -0.307. The van der Waals surface area contributed by atoms with Gasteiger partial charge < -0.3 is 30.5 Å². The van der Waals surface area contributed by atoms with Gasteiger partial charge in [0.15, 0.2) is 0 Å². The maximum atomic E-state index is 13.2. The van der Waals surface area contributed by atoms with Crippen LogP contribution in [0, 0.1) is 0 Å². The molecule has 3 aromatic rings. The van der Waals surface area contributed by atoms with Crippen molar-refractivity contribution in [2.45, 2.75) is 25.3 Å². The van der Waals surface area contributed by atoms with E-state index in [4.69, 9.17) is 4.74 Å². The highest BCUT2D eigenvalue weighted by molar-refractivity contribution is 6.04. The zero-order valence-corrected chi connectivity index (χ0v) is 23.2. The number of ether oxygens (including phenoxy) is 1. The lowest BCUT2D eigenvalue weighted by Crippen LogP contribution is -2.39. The van der Waals surface area contributed by atoms with Gasteiger partial charge >= 0.3 is 6.03 Å². The maximum Gasteiger partial charge on any atom is 0.321 e. The predicted molar refractivity (Wildman–Crippen MR) is 154 cm³/mol. The molecule has 1 aromatic heterocycles. The van der Waals surface area contributed by atoms with Crippen molar-refractivity contribution in [3.8, 4) is 16.9 Å². The fourth-order valence-electron chi connectivity index (χ4n) is 5.39. The van der Waals surface area contributed by atoms with Crippen LogP contribution in [0.2, 0.25) is 0 Å². The van der Waals surface area contributed by atoms with Gasteiger partial charge in [-0.15, -0.1) is 0 Å². The summed E-state index contributed by atoms with van der Waals surface area (Å²) in [5.74, 6) is 1.39. The van der Waals surface area contributed by atoms with E-state index in [9.17, 15) is 14.4 Å². The number of hydrogen-bond donors (Lipinski definition) is 3. The number of hydrogen-bond acceptors (Lipinski definition) is 6. The predicted octanol–water partition coefficient (Wildman–Crippen LogP) is 3.76. The number of benzene rings is 2. The number of rotatable bonds is 6. The number of fused-ring (bicyclic) bond motifs is 1. The van der Waals surface area contributed by atoms with E-state index in [2.05, 4.69) is 33.1 Å². The average Bonchev–Trinajstić information content (AvgIpc) is 3.59. The zero-order valence-electron chi connectivity index (χ0n) is 23.2. The second-order valence-corrected chi connectivity index (χ2v) is 10.4. The molecule has 0 bridgehead atoms. The first-order valence-electron chi connectivity index (χ1n) is 13.3. The van der Waals surface area contributed by atoms with Crippen LogP contribution in [0.25, 0.3) is 11.1 Å². The van der Waals surface area contributed by atoms with Crippen LogP contribution in [0.1, 0.15) is 40.7 Å². The van der Waals surface area contributed by atoms with Crippen molar-refractivity contribution in [2.24, 2.45) is 0 Å². The van der Waals surface area contributed by atoms with E-state index >= 15 is 0 Å². The van der Waals surface area contributed by atoms with Crippen molar-refractivity contribution in [3.05, 3.63) is 71.4 Å². The molecular weight excluding hydrogens is 508 g/mol. The van der Waals surface area contributed by atoms with Gasteiger partial charge in [-0.2, -0.15) is 0 Å². The summed E-state index contributed by atoms with van der Waals surface area (Å²) in [6, 6.07) is 15.1. The number of amides is 4. The third kappa shape index (κ3) is 5.42. The molecule has 0 radical (unpaired) electrons. The van der Waals surface area contributed by atoms with Gasteiger partial charge in [-0.05, 0) is 36.2 Å². The number of urea groups is 1. The lowest BCUT2D eigenvalue weighted by Gasteiger charge is -2.20. The van der Waals surface area contributed by atoms with Crippen molar-refractivity contribution in [3.63, 3.8) is 0 Å². The molecule has 40 heavy (non-hydrogen) atoms. The summed E-state index contributed by atoms with van der Waals surface area (Å²) in [6.45, 7) is 3.12. The van der Waals surface area contributed by atoms with Crippen LogP contribution in [-0.4, -0.2) is 79.5 Å². The monoisotopic (exact) mass is 542 g/mol. The molecule has 1 fully saturated rings. The van der Waals surface area contributed by atoms with Crippen LogP contribution >= 0.6 is 0 Å². The summed E-state index contributed by atoms with van der Waals surface area (Å²) in [5, 5.41) is 9.16. The molecule has 2 atom stereocenters. The lowest BCUT2D eigenvalue weighted by atomic mass is 9.91. The van der Waals surface area contributed by atoms with Crippen LogP contribution < -0.4 is 20.7 Å². The van der Waals surface area contributed by atoms with Crippen molar-refractivity contribution in [1.29, 1.82) is 0 Å². The minimum Gasteiger partial charge on any atom is -0.496 e. The Morgan fingerprint density at radius 1 is 1.07 bits per heavy atom. The number of nitrogens with zero attached hydrogens (tertiary/aromatic N) is 3. The Hall–Kier alpha value is -4.60. The van der Waals surface area contributed by atoms with Crippen LogP contribution in [-0.2, 0) is 4.79 Å². The fourth-order valence-corrected chi connectivity index (χ4v) is 5.39. The third-order valence-corrected chi connectivity index (χ3v) is 7.39. The molecule has 3 heterocycles. The number of nitrogens with one attached hydrogen (secondary N) is 3. The SMILES string of the molecule is COc1ccccc1C1CNc2ncc(-c3ccc(NC(=O)N4CCC(NC(C)=O)C4)c(C(=O)N(C)C)c3)cc21. The van der Waals surface area contributed by atoms with Gasteiger partial charge in [0.25, 0.3) is 5.91 Å². The van der Waals surface area contributed by atoms with E-state index in [1.165, 1.54) is 11.8 Å². The number of anilines is 2. The second-order valence-electron chi connectivity index (χ2n) is 10.4. The van der Waals surface area contributed by atoms with Gasteiger partial charge in [0.2, 0.25) is 5.91 Å². The minimum absolute atomic E-state index is 0.0711. The number of carbonyl (C=O) groups excluding carboxylic acids is 3. The Bertz CT molecular complexity index is 1460. The van der Waals surface area contributed by atoms with E-state index in [1.54, 1.807) is 44.4 Å². The second kappa shape index (κ2) is 11.3. The van der Waals surface area contributed by atoms with E-state index in [1.807, 2.05) is 24.3 Å². The standard InChI is InChI=1S/C30H34N6O4/c1-18(37)33-21-11-12-36(17-21)30(39)34-26-10-9-19(13-24(26)29(38)35(2)3)20-14-23-25(16-32-28(23)31-15-20)22-7-5-6-8-27(22)40-4/h5-10,13-15,21,25H,11-12,16-17H2,1-4H3,(H,31,32)(H,33,37)(H,34,39). The topological polar surface area (TPSA) is 116 Å². The number of carbonyl (C=O) groups is 3. The third-order valence-electron chi connectivity index (χ3n) is 7.39. The summed E-state index contributed by atoms with van der Waals surface area (Å²) in [6.07, 6.45) is 2.48. The Labute approximate surface area is 233 Å². The molecule has 10 nitrogen and oxygen atoms in total. The largest absolute Gasteiger partial charge is 0.496 e. The molecule has 2 aliphatic heterocycles. The zero-order chi connectivity index (χ0) is 28.4. The number of pyridine rings is 1. The molecule has 5 rings (SSSR count). The van der Waals surface area contributed by atoms with E-state index in [0.717, 1.165) is 33.8 Å². The molecule has 208 valence electrons. The number of methoxy groups -OCH3 is 1. The number of para-hydroxylation sites is 1. The molecule has 3 N–H and O–H groups in total. The molecule has 1 saturated heterocycles. The van der Waals surface area contributed by atoms with Gasteiger partial charge in [-0.1, -0.05) is 24.3 Å². The molecule has 2 aromatic carbocycles. The van der Waals surface area contributed by atoms with Crippen LogP contribution in [0.4, 0.5) is 16.3 Å². The quantitative estimate of drug-likeness (QED) is 0.437. The molecule has 10 heteroatoms. The molecule has 2 aliphatic rings. The van der Waals surface area contributed by atoms with Crippen molar-refractivity contribution in [2.75, 3.05) is 51.5 Å². The van der Waals surface area contributed by atoms with Gasteiger partial charge in [-0.3, -0.25) is 9.59 Å². The van der Waals surface area contributed by atoms with Crippen LogP contribution in [0.15, 0.2) is 54.7 Å². The number of likely N-dealkylation sites (tertiary alicyclic amines) is 1. The number of aromatic nitrogens is 1. The van der Waals surface area contributed by atoms with Gasteiger partial charge in [-0.25, -0.2) is 9.78 Å². The Morgan fingerprint density at radius 2 is 1.88 bits per heavy atom. The van der Waals surface area contributed by atoms with E-state index < -0.39 is 0 Å². The normalized spacial score (nSPS) is 17.6. The summed E-state index contributed by atoms with van der Waals surface area (Å²) in [7, 11) is 5.03. The van der Waals surface area contributed by atoms with Gasteiger partial charge in [0.1, 0.15) is 11.6 Å².